The fourth-order valence-electron chi connectivity index (χ4n) is 1.70. The summed E-state index contributed by atoms with van der Waals surface area (Å²) in [4.78, 5) is 5.61. The van der Waals surface area contributed by atoms with Crippen molar-refractivity contribution in [2.24, 2.45) is 7.05 Å². The number of aromatic nitrogens is 2. The van der Waals surface area contributed by atoms with Crippen LogP contribution in [0, 0.1) is 13.8 Å². The highest BCUT2D eigenvalue weighted by Crippen LogP contribution is 2.29. The van der Waals surface area contributed by atoms with Gasteiger partial charge in [-0.25, -0.2) is 4.98 Å². The number of hydrogen-bond acceptors (Lipinski definition) is 2. The molecule has 0 aliphatic rings. The molecule has 2 nitrogen and oxygen atoms in total. The molecule has 0 aliphatic carbocycles. The second kappa shape index (κ2) is 3.66. The summed E-state index contributed by atoms with van der Waals surface area (Å²) >= 11 is 1.71. The molecule has 78 valence electrons. The summed E-state index contributed by atoms with van der Waals surface area (Å²) in [5, 5.41) is 1.10. The molecule has 0 unspecified atom stereocenters. The van der Waals surface area contributed by atoms with E-state index in [-0.39, 0.29) is 0 Å². The van der Waals surface area contributed by atoms with Crippen LogP contribution < -0.4 is 0 Å². The first kappa shape index (κ1) is 10.2. The van der Waals surface area contributed by atoms with E-state index in [2.05, 4.69) is 22.2 Å². The van der Waals surface area contributed by atoms with Crippen molar-refractivity contribution >= 4 is 16.9 Å². The van der Waals surface area contributed by atoms with Crippen LogP contribution in [0.25, 0.3) is 5.57 Å². The molecule has 0 saturated carbocycles. The molecule has 2 rings (SSSR count). The Bertz CT molecular complexity index is 505. The fourth-order valence-corrected chi connectivity index (χ4v) is 2.60. The van der Waals surface area contributed by atoms with Gasteiger partial charge in [0.05, 0.1) is 15.6 Å². The van der Waals surface area contributed by atoms with Gasteiger partial charge in [-0.2, -0.15) is 0 Å². The van der Waals surface area contributed by atoms with E-state index in [0.717, 1.165) is 22.0 Å². The molecule has 0 saturated heterocycles. The normalized spacial score (nSPS) is 10.6. The minimum atomic E-state index is 1.06. The van der Waals surface area contributed by atoms with Gasteiger partial charge in [-0.05, 0) is 26.0 Å². The van der Waals surface area contributed by atoms with Gasteiger partial charge in [0.25, 0.3) is 0 Å². The highest BCUT2D eigenvalue weighted by Gasteiger charge is 2.11. The Morgan fingerprint density at radius 1 is 1.47 bits per heavy atom. The van der Waals surface area contributed by atoms with Crippen molar-refractivity contribution in [3.63, 3.8) is 0 Å². The molecule has 0 fully saturated rings. The van der Waals surface area contributed by atoms with Crippen LogP contribution in [-0.4, -0.2) is 9.55 Å². The second-order valence-corrected chi connectivity index (χ2v) is 4.83. The first-order chi connectivity index (χ1) is 7.09. The van der Waals surface area contributed by atoms with Crippen molar-refractivity contribution < 1.29 is 0 Å². The van der Waals surface area contributed by atoms with Crippen LogP contribution in [0.4, 0.5) is 0 Å². The van der Waals surface area contributed by atoms with E-state index >= 15 is 0 Å². The summed E-state index contributed by atoms with van der Waals surface area (Å²) in [5.41, 5.74) is 3.29. The monoisotopic (exact) mass is 218 g/mol. The van der Waals surface area contributed by atoms with Gasteiger partial charge in [0.2, 0.25) is 0 Å². The Hall–Kier alpha value is -1.35. The lowest BCUT2D eigenvalue weighted by molar-refractivity contribution is 0.910. The SMILES string of the molecule is C=C(c1sc(C)nc1C)c1cccn1C. The zero-order valence-corrected chi connectivity index (χ0v) is 10.1. The third-order valence-corrected chi connectivity index (χ3v) is 3.56. The van der Waals surface area contributed by atoms with Gasteiger partial charge >= 0.3 is 0 Å². The molecule has 15 heavy (non-hydrogen) atoms. The van der Waals surface area contributed by atoms with Crippen molar-refractivity contribution in [1.29, 1.82) is 0 Å². The van der Waals surface area contributed by atoms with Crippen molar-refractivity contribution in [3.05, 3.63) is 46.2 Å². The van der Waals surface area contributed by atoms with Crippen LogP contribution in [0.1, 0.15) is 21.3 Å². The summed E-state index contributed by atoms with van der Waals surface area (Å²) in [6.45, 7) is 8.21. The van der Waals surface area contributed by atoms with Gasteiger partial charge in [0.15, 0.2) is 0 Å². The molecule has 3 heteroatoms. The number of rotatable bonds is 2. The third kappa shape index (κ3) is 1.75. The highest BCUT2D eigenvalue weighted by atomic mass is 32.1. The Kier molecular flexibility index (Phi) is 2.49. The first-order valence-electron chi connectivity index (χ1n) is 4.84. The largest absolute Gasteiger partial charge is 0.351 e. The quantitative estimate of drug-likeness (QED) is 0.757. The van der Waals surface area contributed by atoms with Crippen LogP contribution in [-0.2, 0) is 7.05 Å². The molecular weight excluding hydrogens is 204 g/mol. The maximum atomic E-state index is 4.42. The molecular formula is C12H14N2S. The van der Waals surface area contributed by atoms with Gasteiger partial charge in [-0.3, -0.25) is 0 Å². The van der Waals surface area contributed by atoms with Crippen molar-refractivity contribution in [2.45, 2.75) is 13.8 Å². The summed E-state index contributed by atoms with van der Waals surface area (Å²) in [7, 11) is 2.03. The van der Waals surface area contributed by atoms with Crippen molar-refractivity contribution in [3.8, 4) is 0 Å². The minimum Gasteiger partial charge on any atom is -0.351 e. The van der Waals surface area contributed by atoms with E-state index in [1.165, 1.54) is 4.88 Å². The van der Waals surface area contributed by atoms with Crippen molar-refractivity contribution in [2.75, 3.05) is 0 Å². The average Bonchev–Trinajstić information content (AvgIpc) is 2.71. The fraction of sp³-hybridized carbons (Fsp3) is 0.250. The lowest BCUT2D eigenvalue weighted by Crippen LogP contribution is -1.94. The van der Waals surface area contributed by atoms with E-state index in [9.17, 15) is 0 Å². The number of thiazole rings is 1. The van der Waals surface area contributed by atoms with Gasteiger partial charge in [-0.15, -0.1) is 11.3 Å². The van der Waals surface area contributed by atoms with Gasteiger partial charge in [0.1, 0.15) is 0 Å². The standard InChI is InChI=1S/C12H14N2S/c1-8(11-6-5-7-14(11)4)12-9(2)13-10(3)15-12/h5-7H,1H2,2-4H3. The maximum absolute atomic E-state index is 4.42. The summed E-state index contributed by atoms with van der Waals surface area (Å²) in [6, 6.07) is 4.11. The van der Waals surface area contributed by atoms with E-state index in [0.29, 0.717) is 0 Å². The first-order valence-corrected chi connectivity index (χ1v) is 5.66. The average molecular weight is 218 g/mol. The zero-order valence-electron chi connectivity index (χ0n) is 9.24. The molecule has 0 bridgehead atoms. The van der Waals surface area contributed by atoms with Crippen molar-refractivity contribution in [1.82, 2.24) is 9.55 Å². The predicted molar refractivity (Wildman–Crippen MR) is 65.1 cm³/mol. The lowest BCUT2D eigenvalue weighted by atomic mass is 10.1. The number of nitrogens with zero attached hydrogens (tertiary/aromatic N) is 2. The lowest BCUT2D eigenvalue weighted by Gasteiger charge is -2.05. The minimum absolute atomic E-state index is 1.06. The van der Waals surface area contributed by atoms with Crippen LogP contribution in [0.2, 0.25) is 0 Å². The van der Waals surface area contributed by atoms with Crippen LogP contribution in [0.15, 0.2) is 24.9 Å². The molecule has 0 amide bonds. The topological polar surface area (TPSA) is 17.8 Å². The van der Waals surface area contributed by atoms with Gasteiger partial charge in [-0.1, -0.05) is 6.58 Å². The highest BCUT2D eigenvalue weighted by molar-refractivity contribution is 7.12. The molecule has 0 spiro atoms. The van der Waals surface area contributed by atoms with Crippen LogP contribution in [0.3, 0.4) is 0 Å². The molecule has 0 radical (unpaired) electrons. The third-order valence-electron chi connectivity index (χ3n) is 2.43. The van der Waals surface area contributed by atoms with E-state index in [4.69, 9.17) is 0 Å². The van der Waals surface area contributed by atoms with E-state index in [1.54, 1.807) is 11.3 Å². The van der Waals surface area contributed by atoms with Crippen LogP contribution >= 0.6 is 11.3 Å². The Labute approximate surface area is 93.9 Å². The van der Waals surface area contributed by atoms with Gasteiger partial charge < -0.3 is 4.57 Å². The Morgan fingerprint density at radius 2 is 2.20 bits per heavy atom. The molecule has 0 aromatic carbocycles. The number of aryl methyl sites for hydroxylation is 3. The molecule has 2 aromatic rings. The molecule has 0 atom stereocenters. The maximum Gasteiger partial charge on any atom is 0.0903 e. The molecule has 0 aliphatic heterocycles. The smallest absolute Gasteiger partial charge is 0.0903 e. The van der Waals surface area contributed by atoms with Crippen LogP contribution in [0.5, 0.6) is 0 Å². The Balaban J connectivity index is 2.45. The predicted octanol–water partition coefficient (Wildman–Crippen LogP) is 3.16. The molecule has 2 heterocycles. The second-order valence-electron chi connectivity index (χ2n) is 3.63. The summed E-state index contributed by atoms with van der Waals surface area (Å²) in [5.74, 6) is 0. The zero-order chi connectivity index (χ0) is 11.0. The molecule has 2 aromatic heterocycles. The number of hydrogen-bond donors (Lipinski definition) is 0. The molecule has 0 N–H and O–H groups in total. The Morgan fingerprint density at radius 3 is 2.67 bits per heavy atom. The van der Waals surface area contributed by atoms with E-state index in [1.807, 2.05) is 33.2 Å². The summed E-state index contributed by atoms with van der Waals surface area (Å²) in [6.07, 6.45) is 2.03. The summed E-state index contributed by atoms with van der Waals surface area (Å²) < 4.78 is 2.08. The van der Waals surface area contributed by atoms with Gasteiger partial charge in [0, 0.05) is 24.5 Å². The van der Waals surface area contributed by atoms with E-state index < -0.39 is 0 Å².